The molecule has 0 saturated heterocycles. The van der Waals surface area contributed by atoms with Crippen LogP contribution in [0.4, 0.5) is 0 Å². The van der Waals surface area contributed by atoms with Gasteiger partial charge in [-0.1, -0.05) is 41.5 Å². The topological polar surface area (TPSA) is 88.5 Å². The van der Waals surface area contributed by atoms with Crippen molar-refractivity contribution in [3.63, 3.8) is 0 Å². The normalized spacial score (nSPS) is 7.72. The summed E-state index contributed by atoms with van der Waals surface area (Å²) in [5, 5.41) is 7.68. The van der Waals surface area contributed by atoms with Crippen LogP contribution in [0.25, 0.3) is 0 Å². The van der Waals surface area contributed by atoms with Gasteiger partial charge in [-0.2, -0.15) is 0 Å². The summed E-state index contributed by atoms with van der Waals surface area (Å²) >= 11 is 4.94. The molecule has 0 spiro atoms. The second-order valence-electron chi connectivity index (χ2n) is 4.76. The van der Waals surface area contributed by atoms with Gasteiger partial charge in [0.05, 0.1) is 0 Å². The van der Waals surface area contributed by atoms with E-state index < -0.39 is 5.97 Å². The first-order valence-electron chi connectivity index (χ1n) is 8.97. The fourth-order valence-corrected chi connectivity index (χ4v) is 0.951. The van der Waals surface area contributed by atoms with Crippen LogP contribution in [-0.4, -0.2) is 27.9 Å². The predicted octanol–water partition coefficient (Wildman–Crippen LogP) is 6.79. The van der Waals surface area contributed by atoms with E-state index in [2.05, 4.69) is 0 Å². The maximum Gasteiger partial charge on any atom is 0.303 e. The van der Waals surface area contributed by atoms with Crippen molar-refractivity contribution in [1.82, 2.24) is 0 Å². The van der Waals surface area contributed by atoms with Gasteiger partial charge in [0.1, 0.15) is 11.6 Å². The molecule has 160 valence electrons. The van der Waals surface area contributed by atoms with Crippen LogP contribution in [0.2, 0.25) is 0 Å². The smallest absolute Gasteiger partial charge is 0.303 e. The monoisotopic (exact) mass is 398 g/mol. The molecule has 0 aromatic heterocycles. The molecule has 5 nitrogen and oxygen atoms in total. The van der Waals surface area contributed by atoms with Crippen molar-refractivity contribution < 1.29 is 30.0 Å². The molecule has 25 heavy (non-hydrogen) atoms. The number of carboxylic acids is 1. The molecule has 1 N–H and O–H groups in total. The van der Waals surface area contributed by atoms with Gasteiger partial charge in [0, 0.05) is 31.4 Å². The fourth-order valence-electron chi connectivity index (χ4n) is 0.762. The van der Waals surface area contributed by atoms with Crippen LogP contribution in [-0.2, 0) is 19.2 Å². The Morgan fingerprint density at radius 3 is 1.08 bits per heavy atom. The minimum absolute atomic E-state index is 0. The average Bonchev–Trinajstić information content (AvgIpc) is 2.50. The highest BCUT2D eigenvalue weighted by molar-refractivity contribution is 6.63. The molecule has 0 amide bonds. The van der Waals surface area contributed by atoms with Gasteiger partial charge in [-0.05, 0) is 44.7 Å². The molecule has 6 heteroatoms. The van der Waals surface area contributed by atoms with Crippen molar-refractivity contribution in [2.45, 2.75) is 100 Å². The number of aliphatic carboxylic acids is 1. The fraction of sp³-hybridized carbons (Fsp3) is 0.789. The van der Waals surface area contributed by atoms with Crippen molar-refractivity contribution in [3.8, 4) is 0 Å². The van der Waals surface area contributed by atoms with Gasteiger partial charge in [-0.25, -0.2) is 0 Å². The molecule has 0 aliphatic heterocycles. The lowest BCUT2D eigenvalue weighted by Gasteiger charge is -1.80. The summed E-state index contributed by atoms with van der Waals surface area (Å²) in [5.41, 5.74) is 0. The van der Waals surface area contributed by atoms with E-state index in [0.29, 0.717) is 19.3 Å². The Kier molecular flexibility index (Phi) is 47.8. The van der Waals surface area contributed by atoms with Crippen LogP contribution in [0, 0.1) is 0 Å². The van der Waals surface area contributed by atoms with Gasteiger partial charge in [-0.15, -0.1) is 0 Å². The summed E-state index contributed by atoms with van der Waals surface area (Å²) in [6.07, 6.45) is 4.76. The van der Waals surface area contributed by atoms with Crippen molar-refractivity contribution in [3.05, 3.63) is 0 Å². The largest absolute Gasteiger partial charge is 0.481 e. The molecule has 0 fully saturated rings. The molecule has 0 bridgehead atoms. The highest BCUT2D eigenvalue weighted by Crippen LogP contribution is 1.90. The molecule has 0 aromatic carbocycles. The summed E-state index contributed by atoms with van der Waals surface area (Å²) in [6.45, 7) is 14.8. The number of carbonyl (C=O) groups excluding carboxylic acids is 3. The third kappa shape index (κ3) is 103. The van der Waals surface area contributed by atoms with Gasteiger partial charge < -0.3 is 14.7 Å². The van der Waals surface area contributed by atoms with Crippen LogP contribution in [0.3, 0.4) is 0 Å². The Morgan fingerprint density at radius 1 is 0.760 bits per heavy atom. The van der Waals surface area contributed by atoms with Gasteiger partial charge in [-0.3, -0.25) is 9.59 Å². The first-order valence-corrected chi connectivity index (χ1v) is 9.35. The molecule has 0 atom stereocenters. The number of rotatable bonds is 7. The van der Waals surface area contributed by atoms with Crippen LogP contribution < -0.4 is 0 Å². The van der Waals surface area contributed by atoms with E-state index in [1.165, 1.54) is 0 Å². The minimum Gasteiger partial charge on any atom is -0.481 e. The van der Waals surface area contributed by atoms with E-state index in [1.807, 2.05) is 41.5 Å². The zero-order valence-electron chi connectivity index (χ0n) is 17.4. The molecule has 0 saturated carbocycles. The molecular formula is C19H47ClO5. The lowest BCUT2D eigenvalue weighted by atomic mass is 10.3. The van der Waals surface area contributed by atoms with Crippen LogP contribution in [0.15, 0.2) is 0 Å². The zero-order valence-corrected chi connectivity index (χ0v) is 18.2. The van der Waals surface area contributed by atoms with Crippen molar-refractivity contribution in [2.24, 2.45) is 0 Å². The van der Waals surface area contributed by atoms with Crippen LogP contribution in [0.5, 0.6) is 0 Å². The molecule has 0 aliphatic carbocycles. The van der Waals surface area contributed by atoms with Crippen molar-refractivity contribution in [1.29, 1.82) is 0 Å². The minimum atomic E-state index is -0.711. The average molecular weight is 399 g/mol. The van der Waals surface area contributed by atoms with E-state index >= 15 is 0 Å². The van der Waals surface area contributed by atoms with Gasteiger partial charge in [0.15, 0.2) is 0 Å². The standard InChI is InChI=1S/C5H10O.C4H7ClO.C4H8O2.C4H8O.C2H6.4H2/c1-3-4-5(2)6;2*1-2-3-4(5)6;1-3-4(2)5;1-2;;;;/h3-4H2,1-2H3;2-3H2,1H3;2-3H2,1H3,(H,5,6);3H2,1-2H3;1-2H3;4*1H/i;;;;;4*1+2. The van der Waals surface area contributed by atoms with Gasteiger partial charge >= 0.3 is 5.97 Å². The summed E-state index contributed by atoms with van der Waals surface area (Å²) in [7, 11) is 0. The molecule has 0 heterocycles. The highest BCUT2D eigenvalue weighted by Gasteiger charge is 1.88. The molecule has 0 aromatic rings. The van der Waals surface area contributed by atoms with E-state index in [0.717, 1.165) is 25.7 Å². The van der Waals surface area contributed by atoms with E-state index in [4.69, 9.17) is 16.7 Å². The lowest BCUT2D eigenvalue weighted by molar-refractivity contribution is -0.137. The van der Waals surface area contributed by atoms with Crippen LogP contribution >= 0.6 is 11.6 Å². The number of ketones is 2. The van der Waals surface area contributed by atoms with Crippen LogP contribution in [0.1, 0.15) is 106 Å². The van der Waals surface area contributed by atoms with E-state index in [9.17, 15) is 19.2 Å². The lowest BCUT2D eigenvalue weighted by Crippen LogP contribution is -1.90. The number of Topliss-reactive ketones (excluding diaryl/α,β-unsaturated/α-hetero) is 2. The number of hydrogen-bond donors (Lipinski definition) is 1. The number of carbonyl (C=O) groups is 4. The summed E-state index contributed by atoms with van der Waals surface area (Å²) in [5.74, 6) is -0.167. The first kappa shape index (κ1) is 35.0. The third-order valence-corrected chi connectivity index (χ3v) is 2.20. The Morgan fingerprint density at radius 2 is 1.08 bits per heavy atom. The molecular weight excluding hydrogens is 344 g/mol. The SMILES string of the molecule is CC.CCC(C)=O.CCCC(=O)Cl.CCCC(=O)O.CCCC(C)=O.[3HH].[3HH].[3HH].[3HH]. The van der Waals surface area contributed by atoms with Gasteiger partial charge in [0.2, 0.25) is 5.24 Å². The summed E-state index contributed by atoms with van der Waals surface area (Å²) in [4.78, 5) is 39.3. The van der Waals surface area contributed by atoms with E-state index in [1.54, 1.807) is 13.8 Å². The van der Waals surface area contributed by atoms with Gasteiger partial charge in [0.25, 0.3) is 0 Å². The highest BCUT2D eigenvalue weighted by atomic mass is 35.5. The zero-order chi connectivity index (χ0) is 21.3. The maximum absolute atomic E-state index is 10.0. The summed E-state index contributed by atoms with van der Waals surface area (Å²) in [6, 6.07) is 0. The molecule has 0 radical (unpaired) electrons. The Balaban J connectivity index is -0.0000000245. The third-order valence-electron chi connectivity index (χ3n) is 2.01. The molecule has 0 aliphatic rings. The Bertz CT molecular complexity index is 294. The Labute approximate surface area is 165 Å². The van der Waals surface area contributed by atoms with E-state index in [-0.39, 0.29) is 22.5 Å². The summed E-state index contributed by atoms with van der Waals surface area (Å²) < 4.78 is 0. The number of carboxylic acid groups (broad SMARTS) is 1. The Hall–Kier alpha value is -1.23. The second-order valence-corrected chi connectivity index (χ2v) is 5.18. The first-order chi connectivity index (χ1) is 11.6. The number of hydrogen-bond acceptors (Lipinski definition) is 4. The second kappa shape index (κ2) is 34.2. The van der Waals surface area contributed by atoms with Crippen molar-refractivity contribution in [2.75, 3.05) is 0 Å². The molecule has 0 unspecified atom stereocenters. The van der Waals surface area contributed by atoms with Crippen molar-refractivity contribution >= 4 is 34.4 Å². The quantitative estimate of drug-likeness (QED) is 0.476. The maximum atomic E-state index is 10.0. The number of halogens is 1. The predicted molar refractivity (Wildman–Crippen MR) is 115 cm³/mol. The molecule has 0 rings (SSSR count).